The predicted octanol–water partition coefficient (Wildman–Crippen LogP) is -1.34. The van der Waals surface area contributed by atoms with Crippen molar-refractivity contribution >= 4 is 5.97 Å². The molecule has 0 aliphatic rings. The first-order valence-corrected chi connectivity index (χ1v) is 4.65. The van der Waals surface area contributed by atoms with Crippen molar-refractivity contribution < 1.29 is 61.3 Å². The van der Waals surface area contributed by atoms with E-state index in [1.165, 1.54) is 25.7 Å². The van der Waals surface area contributed by atoms with Crippen LogP contribution in [0, 0.1) is 0 Å². The molecule has 0 bridgehead atoms. The third-order valence-corrected chi connectivity index (χ3v) is 1.73. The van der Waals surface area contributed by atoms with Crippen LogP contribution in [0.3, 0.4) is 0 Å². The largest absolute Gasteiger partial charge is 1.00 e. The van der Waals surface area contributed by atoms with Crippen LogP contribution in [0.15, 0.2) is 12.2 Å². The van der Waals surface area contributed by atoms with Gasteiger partial charge in [0.05, 0.1) is 5.97 Å². The molecule has 0 atom stereocenters. The molecule has 13 heavy (non-hydrogen) atoms. The Morgan fingerprint density at radius 1 is 1.23 bits per heavy atom. The minimum atomic E-state index is -1.09. The molecule has 0 aliphatic heterocycles. The number of unbranched alkanes of at least 4 members (excludes halogenated alkanes) is 5. The van der Waals surface area contributed by atoms with Crippen LogP contribution in [0.4, 0.5) is 0 Å². The standard InChI is InChI=1S/C10H18O2.K/c1-2-3-4-5-6-7-8-9-10(11)12;/h8-9H,2-7H2,1H3,(H,11,12);/q;+1/p-1/b9-8-;. The molecule has 2 nitrogen and oxygen atoms in total. The van der Waals surface area contributed by atoms with Gasteiger partial charge >= 0.3 is 51.4 Å². The Bertz CT molecular complexity index is 144. The minimum Gasteiger partial charge on any atom is -0.545 e. The van der Waals surface area contributed by atoms with Crippen molar-refractivity contribution in [3.8, 4) is 0 Å². The average molecular weight is 208 g/mol. The number of hydrogen-bond donors (Lipinski definition) is 0. The summed E-state index contributed by atoms with van der Waals surface area (Å²) in [5, 5.41) is 9.94. The quantitative estimate of drug-likeness (QED) is 0.295. The Labute approximate surface area is 123 Å². The Balaban J connectivity index is 0. The van der Waals surface area contributed by atoms with Crippen LogP contribution in [0.1, 0.15) is 45.4 Å². The van der Waals surface area contributed by atoms with Gasteiger partial charge in [-0.1, -0.05) is 38.7 Å². The maximum atomic E-state index is 9.94. The number of rotatable bonds is 7. The number of carbonyl (C=O) groups is 1. The van der Waals surface area contributed by atoms with Crippen molar-refractivity contribution in [3.63, 3.8) is 0 Å². The zero-order valence-electron chi connectivity index (χ0n) is 8.71. The summed E-state index contributed by atoms with van der Waals surface area (Å²) in [6.07, 6.45) is 9.71. The second-order valence-corrected chi connectivity index (χ2v) is 2.92. The van der Waals surface area contributed by atoms with Crippen LogP contribution in [0.2, 0.25) is 0 Å². The van der Waals surface area contributed by atoms with E-state index in [9.17, 15) is 9.90 Å². The van der Waals surface area contributed by atoms with Crippen LogP contribution in [0.5, 0.6) is 0 Å². The molecule has 0 heterocycles. The van der Waals surface area contributed by atoms with E-state index in [4.69, 9.17) is 0 Å². The van der Waals surface area contributed by atoms with Gasteiger partial charge < -0.3 is 9.90 Å². The molecule has 0 saturated carbocycles. The fourth-order valence-electron chi connectivity index (χ4n) is 1.05. The Morgan fingerprint density at radius 2 is 1.85 bits per heavy atom. The molecule has 0 aliphatic carbocycles. The maximum Gasteiger partial charge on any atom is 1.00 e. The van der Waals surface area contributed by atoms with E-state index >= 15 is 0 Å². The van der Waals surface area contributed by atoms with Crippen molar-refractivity contribution in [2.75, 3.05) is 0 Å². The Hall–Kier alpha value is 0.846. The monoisotopic (exact) mass is 208 g/mol. The third-order valence-electron chi connectivity index (χ3n) is 1.73. The summed E-state index contributed by atoms with van der Waals surface area (Å²) in [7, 11) is 0. The summed E-state index contributed by atoms with van der Waals surface area (Å²) >= 11 is 0. The molecule has 0 aromatic heterocycles. The second kappa shape index (κ2) is 12.8. The van der Waals surface area contributed by atoms with E-state index in [0.717, 1.165) is 18.9 Å². The number of carboxylic acid groups (broad SMARTS) is 1. The molecule has 0 aromatic rings. The van der Waals surface area contributed by atoms with Gasteiger partial charge in [-0.15, -0.1) is 0 Å². The predicted molar refractivity (Wildman–Crippen MR) is 47.5 cm³/mol. The summed E-state index contributed by atoms with van der Waals surface area (Å²) in [6, 6.07) is 0. The minimum absolute atomic E-state index is 0. The van der Waals surface area contributed by atoms with Gasteiger partial charge in [0.1, 0.15) is 0 Å². The summed E-state index contributed by atoms with van der Waals surface area (Å²) in [5.41, 5.74) is 0. The van der Waals surface area contributed by atoms with Crippen LogP contribution in [-0.4, -0.2) is 5.97 Å². The van der Waals surface area contributed by atoms with Crippen molar-refractivity contribution in [3.05, 3.63) is 12.2 Å². The molecule has 0 aromatic carbocycles. The van der Waals surface area contributed by atoms with Gasteiger partial charge in [-0.2, -0.15) is 0 Å². The molecule has 0 fully saturated rings. The SMILES string of the molecule is CCCCCCC/C=C\C(=O)[O-].[K+]. The molecule has 0 N–H and O–H groups in total. The first kappa shape index (κ1) is 16.3. The molecule has 0 radical (unpaired) electrons. The molecule has 70 valence electrons. The van der Waals surface area contributed by atoms with E-state index in [-0.39, 0.29) is 51.4 Å². The zero-order chi connectivity index (χ0) is 9.23. The summed E-state index contributed by atoms with van der Waals surface area (Å²) < 4.78 is 0. The molecular formula is C10H17KO2. The molecule has 0 amide bonds. The Kier molecular flexibility index (Phi) is 16.1. The number of aliphatic carboxylic acids is 1. The summed E-state index contributed by atoms with van der Waals surface area (Å²) in [4.78, 5) is 9.94. The van der Waals surface area contributed by atoms with Gasteiger partial charge in [0.25, 0.3) is 0 Å². The van der Waals surface area contributed by atoms with E-state index in [1.54, 1.807) is 6.08 Å². The molecule has 3 heteroatoms. The van der Waals surface area contributed by atoms with Gasteiger partial charge in [0.15, 0.2) is 0 Å². The van der Waals surface area contributed by atoms with Crippen molar-refractivity contribution in [2.24, 2.45) is 0 Å². The number of hydrogen-bond acceptors (Lipinski definition) is 2. The first-order chi connectivity index (χ1) is 5.77. The summed E-state index contributed by atoms with van der Waals surface area (Å²) in [6.45, 7) is 2.18. The van der Waals surface area contributed by atoms with Gasteiger partial charge in [0.2, 0.25) is 0 Å². The fourth-order valence-corrected chi connectivity index (χ4v) is 1.05. The molecular weight excluding hydrogens is 191 g/mol. The van der Waals surface area contributed by atoms with Gasteiger partial charge in [-0.3, -0.25) is 0 Å². The molecule has 0 unspecified atom stereocenters. The van der Waals surface area contributed by atoms with Gasteiger partial charge in [0, 0.05) is 0 Å². The van der Waals surface area contributed by atoms with Crippen molar-refractivity contribution in [1.29, 1.82) is 0 Å². The normalized spacial score (nSPS) is 9.92. The van der Waals surface area contributed by atoms with Gasteiger partial charge in [-0.25, -0.2) is 0 Å². The average Bonchev–Trinajstić information content (AvgIpc) is 2.02. The van der Waals surface area contributed by atoms with Crippen molar-refractivity contribution in [1.82, 2.24) is 0 Å². The van der Waals surface area contributed by atoms with E-state index < -0.39 is 5.97 Å². The fraction of sp³-hybridized carbons (Fsp3) is 0.700. The number of allylic oxidation sites excluding steroid dienone is 1. The topological polar surface area (TPSA) is 40.1 Å². The van der Waals surface area contributed by atoms with Crippen LogP contribution < -0.4 is 56.5 Å². The maximum absolute atomic E-state index is 9.94. The van der Waals surface area contributed by atoms with Gasteiger partial charge in [-0.05, 0) is 18.9 Å². The van der Waals surface area contributed by atoms with Crippen LogP contribution in [-0.2, 0) is 4.79 Å². The second-order valence-electron chi connectivity index (χ2n) is 2.92. The number of carbonyl (C=O) groups excluding carboxylic acids is 1. The molecule has 0 spiro atoms. The Morgan fingerprint density at radius 3 is 2.38 bits per heavy atom. The van der Waals surface area contributed by atoms with Crippen LogP contribution >= 0.6 is 0 Å². The van der Waals surface area contributed by atoms with E-state index in [2.05, 4.69) is 6.92 Å². The number of carboxylic acids is 1. The van der Waals surface area contributed by atoms with Crippen LogP contribution in [0.25, 0.3) is 0 Å². The smallest absolute Gasteiger partial charge is 0.545 e. The first-order valence-electron chi connectivity index (χ1n) is 4.65. The van der Waals surface area contributed by atoms with Crippen molar-refractivity contribution in [2.45, 2.75) is 45.4 Å². The van der Waals surface area contributed by atoms with E-state index in [0.29, 0.717) is 0 Å². The summed E-state index contributed by atoms with van der Waals surface area (Å²) in [5.74, 6) is -1.09. The molecule has 0 saturated heterocycles. The molecule has 0 rings (SSSR count). The van der Waals surface area contributed by atoms with E-state index in [1.807, 2.05) is 0 Å². The zero-order valence-corrected chi connectivity index (χ0v) is 11.8. The third kappa shape index (κ3) is 15.6.